The van der Waals surface area contributed by atoms with Crippen molar-refractivity contribution in [1.82, 2.24) is 19.7 Å². The minimum absolute atomic E-state index is 0.268. The van der Waals surface area contributed by atoms with E-state index in [1.165, 1.54) is 0 Å². The zero-order valence-corrected chi connectivity index (χ0v) is 11.3. The first kappa shape index (κ1) is 11.4. The van der Waals surface area contributed by atoms with Gasteiger partial charge in [-0.05, 0) is 24.4 Å². The molecular weight excluding hydrogens is 266 g/mol. The molecule has 0 spiro atoms. The van der Waals surface area contributed by atoms with E-state index in [4.69, 9.17) is 16.3 Å². The summed E-state index contributed by atoms with van der Waals surface area (Å²) in [6.45, 7) is 1.74. The van der Waals surface area contributed by atoms with Crippen molar-refractivity contribution >= 4 is 28.5 Å². The van der Waals surface area contributed by atoms with Crippen LogP contribution in [0, 0.1) is 0 Å². The molecule has 100 valence electrons. The molecule has 2 bridgehead atoms. The maximum absolute atomic E-state index is 6.04. The molecule has 2 aromatic heterocycles. The quantitative estimate of drug-likeness (QED) is 0.738. The molecule has 4 rings (SSSR count). The van der Waals surface area contributed by atoms with E-state index >= 15 is 0 Å². The molecule has 2 aliphatic rings. The van der Waals surface area contributed by atoms with Crippen molar-refractivity contribution in [3.05, 3.63) is 11.5 Å². The van der Waals surface area contributed by atoms with E-state index in [1.54, 1.807) is 10.9 Å². The molecule has 7 heteroatoms. The maximum Gasteiger partial charge on any atom is 0.226 e. The second-order valence-electron chi connectivity index (χ2n) is 5.18. The van der Waals surface area contributed by atoms with Crippen molar-refractivity contribution in [2.24, 2.45) is 7.05 Å². The van der Waals surface area contributed by atoms with E-state index in [1.807, 2.05) is 7.05 Å². The summed E-state index contributed by atoms with van der Waals surface area (Å²) < 4.78 is 7.58. The van der Waals surface area contributed by atoms with Gasteiger partial charge >= 0.3 is 0 Å². The lowest BCUT2D eigenvalue weighted by Crippen LogP contribution is -2.43. The number of nitrogens with zero attached hydrogens (tertiary/aromatic N) is 5. The first-order valence-electron chi connectivity index (χ1n) is 6.46. The summed E-state index contributed by atoms with van der Waals surface area (Å²) >= 11 is 6.04. The van der Waals surface area contributed by atoms with E-state index in [0.717, 1.165) is 42.8 Å². The van der Waals surface area contributed by atoms with Crippen LogP contribution in [0.15, 0.2) is 6.20 Å². The number of anilines is 1. The predicted molar refractivity (Wildman–Crippen MR) is 71.4 cm³/mol. The SMILES string of the molecule is Cn1ncc2c(N3CC4CCC(C3)O4)nc(Cl)nc21. The fraction of sp³-hybridized carbons (Fsp3) is 0.583. The van der Waals surface area contributed by atoms with E-state index in [9.17, 15) is 0 Å². The van der Waals surface area contributed by atoms with Gasteiger partial charge in [-0.15, -0.1) is 0 Å². The van der Waals surface area contributed by atoms with Crippen LogP contribution >= 0.6 is 11.6 Å². The fourth-order valence-electron chi connectivity index (χ4n) is 3.01. The Hall–Kier alpha value is -1.40. The zero-order chi connectivity index (χ0) is 13.0. The van der Waals surface area contributed by atoms with Crippen LogP contribution in [0.5, 0.6) is 0 Å². The Balaban J connectivity index is 1.82. The van der Waals surface area contributed by atoms with Gasteiger partial charge in [0, 0.05) is 20.1 Å². The van der Waals surface area contributed by atoms with E-state index in [0.29, 0.717) is 12.2 Å². The average molecular weight is 280 g/mol. The number of fused-ring (bicyclic) bond motifs is 3. The van der Waals surface area contributed by atoms with Crippen LogP contribution in [0.25, 0.3) is 11.0 Å². The van der Waals surface area contributed by atoms with Crippen LogP contribution in [-0.4, -0.2) is 45.0 Å². The minimum atomic E-state index is 0.268. The van der Waals surface area contributed by atoms with Gasteiger partial charge in [0.1, 0.15) is 5.82 Å². The van der Waals surface area contributed by atoms with Crippen molar-refractivity contribution in [2.75, 3.05) is 18.0 Å². The molecule has 2 unspecified atom stereocenters. The molecular formula is C12H14ClN5O. The standard InChI is InChI=1S/C12H14ClN5O/c1-17-10-9(4-14-17)11(16-12(13)15-10)18-5-7-2-3-8(6-18)19-7/h4,7-8H,2-3,5-6H2,1H3. The Bertz CT molecular complexity index is 630. The highest BCUT2D eigenvalue weighted by Crippen LogP contribution is 2.32. The number of morpholine rings is 1. The molecule has 2 saturated heterocycles. The second-order valence-corrected chi connectivity index (χ2v) is 5.52. The largest absolute Gasteiger partial charge is 0.371 e. The number of rotatable bonds is 1. The van der Waals surface area contributed by atoms with Gasteiger partial charge in [0.2, 0.25) is 5.28 Å². The summed E-state index contributed by atoms with van der Waals surface area (Å²) in [6.07, 6.45) is 4.71. The van der Waals surface area contributed by atoms with Crippen LogP contribution in [0.3, 0.4) is 0 Å². The van der Waals surface area contributed by atoms with Gasteiger partial charge in [0.25, 0.3) is 0 Å². The lowest BCUT2D eigenvalue weighted by Gasteiger charge is -2.33. The van der Waals surface area contributed by atoms with Crippen LogP contribution in [0.4, 0.5) is 5.82 Å². The topological polar surface area (TPSA) is 56.1 Å². The molecule has 0 aliphatic carbocycles. The molecule has 19 heavy (non-hydrogen) atoms. The highest BCUT2D eigenvalue weighted by molar-refractivity contribution is 6.28. The molecule has 0 radical (unpaired) electrons. The van der Waals surface area contributed by atoms with Gasteiger partial charge in [0.15, 0.2) is 5.65 Å². The molecule has 0 N–H and O–H groups in total. The Morgan fingerprint density at radius 1 is 1.26 bits per heavy atom. The summed E-state index contributed by atoms with van der Waals surface area (Å²) in [4.78, 5) is 10.9. The van der Waals surface area contributed by atoms with Crippen molar-refractivity contribution < 1.29 is 4.74 Å². The smallest absolute Gasteiger partial charge is 0.226 e. The summed E-state index contributed by atoms with van der Waals surface area (Å²) in [5.41, 5.74) is 0.772. The monoisotopic (exact) mass is 279 g/mol. The van der Waals surface area contributed by atoms with Gasteiger partial charge in [-0.3, -0.25) is 4.68 Å². The number of halogens is 1. The number of hydrogen-bond donors (Lipinski definition) is 0. The van der Waals surface area contributed by atoms with Gasteiger partial charge in [0.05, 0.1) is 23.8 Å². The van der Waals surface area contributed by atoms with Crippen molar-refractivity contribution in [3.63, 3.8) is 0 Å². The lowest BCUT2D eigenvalue weighted by atomic mass is 10.2. The fourth-order valence-corrected chi connectivity index (χ4v) is 3.17. The number of aromatic nitrogens is 4. The third-order valence-corrected chi connectivity index (χ3v) is 4.06. The van der Waals surface area contributed by atoms with Crippen LogP contribution in [0.2, 0.25) is 5.28 Å². The molecule has 2 fully saturated rings. The van der Waals surface area contributed by atoms with Gasteiger partial charge in [-0.25, -0.2) is 0 Å². The zero-order valence-electron chi connectivity index (χ0n) is 10.6. The van der Waals surface area contributed by atoms with E-state index in [-0.39, 0.29) is 5.28 Å². The predicted octanol–water partition coefficient (Wildman–Crippen LogP) is 1.38. The third kappa shape index (κ3) is 1.78. The van der Waals surface area contributed by atoms with Crippen molar-refractivity contribution in [2.45, 2.75) is 25.0 Å². The van der Waals surface area contributed by atoms with Gasteiger partial charge in [-0.2, -0.15) is 15.1 Å². The molecule has 0 saturated carbocycles. The summed E-state index contributed by atoms with van der Waals surface area (Å²) in [7, 11) is 1.86. The number of ether oxygens (including phenoxy) is 1. The van der Waals surface area contributed by atoms with E-state index in [2.05, 4.69) is 20.0 Å². The van der Waals surface area contributed by atoms with Gasteiger partial charge < -0.3 is 9.64 Å². The Morgan fingerprint density at radius 2 is 2.00 bits per heavy atom. The van der Waals surface area contributed by atoms with E-state index < -0.39 is 0 Å². The third-order valence-electron chi connectivity index (χ3n) is 3.89. The number of hydrogen-bond acceptors (Lipinski definition) is 5. The van der Waals surface area contributed by atoms with Crippen LogP contribution in [-0.2, 0) is 11.8 Å². The van der Waals surface area contributed by atoms with Crippen molar-refractivity contribution in [1.29, 1.82) is 0 Å². The molecule has 0 aromatic carbocycles. The molecule has 2 aromatic rings. The highest BCUT2D eigenvalue weighted by Gasteiger charge is 2.35. The Labute approximate surface area is 115 Å². The van der Waals surface area contributed by atoms with Crippen molar-refractivity contribution in [3.8, 4) is 0 Å². The average Bonchev–Trinajstić information content (AvgIpc) is 2.92. The molecule has 2 aliphatic heterocycles. The van der Waals surface area contributed by atoms with Gasteiger partial charge in [-0.1, -0.05) is 0 Å². The highest BCUT2D eigenvalue weighted by atomic mass is 35.5. The second kappa shape index (κ2) is 4.05. The first-order chi connectivity index (χ1) is 9.20. The van der Waals surface area contributed by atoms with Crippen LogP contribution < -0.4 is 4.90 Å². The Kier molecular flexibility index (Phi) is 2.43. The normalized spacial score (nSPS) is 26.3. The maximum atomic E-state index is 6.04. The molecule has 2 atom stereocenters. The minimum Gasteiger partial charge on any atom is -0.371 e. The lowest BCUT2D eigenvalue weighted by molar-refractivity contribution is 0.0303. The molecule has 4 heterocycles. The van der Waals surface area contributed by atoms with Crippen LogP contribution in [0.1, 0.15) is 12.8 Å². The Morgan fingerprint density at radius 3 is 2.74 bits per heavy atom. The molecule has 6 nitrogen and oxygen atoms in total. The summed E-state index contributed by atoms with van der Waals surface area (Å²) in [5, 5.41) is 5.46. The first-order valence-corrected chi connectivity index (χ1v) is 6.84. The summed E-state index contributed by atoms with van der Waals surface area (Å²) in [6, 6.07) is 0. The summed E-state index contributed by atoms with van der Waals surface area (Å²) in [5.74, 6) is 0.878. The number of aryl methyl sites for hydroxylation is 1. The molecule has 0 amide bonds.